The Labute approximate surface area is 177 Å². The first kappa shape index (κ1) is 20.2. The number of carbonyl (C=O) groups is 1. The van der Waals surface area contributed by atoms with Gasteiger partial charge in [-0.25, -0.2) is 4.98 Å². The fraction of sp³-hybridized carbons (Fsp3) is 0.476. The van der Waals surface area contributed by atoms with Crippen molar-refractivity contribution in [1.82, 2.24) is 9.55 Å². The molecule has 0 aliphatic heterocycles. The number of furan rings is 1. The van der Waals surface area contributed by atoms with Crippen LogP contribution in [-0.2, 0) is 28.9 Å². The molecule has 29 heavy (non-hydrogen) atoms. The molecule has 0 N–H and O–H groups in total. The van der Waals surface area contributed by atoms with Crippen molar-refractivity contribution in [3.8, 4) is 0 Å². The number of aromatic nitrogens is 2. The number of thioether (sulfide) groups is 1. The number of ether oxygens (including phenoxy) is 1. The van der Waals surface area contributed by atoms with Crippen molar-refractivity contribution in [1.29, 1.82) is 0 Å². The maximum atomic E-state index is 13.4. The number of rotatable bonds is 5. The molecule has 8 heteroatoms. The molecule has 6 nitrogen and oxygen atoms in total. The first-order valence-electron chi connectivity index (χ1n) is 9.74. The van der Waals surface area contributed by atoms with Crippen molar-refractivity contribution in [2.75, 3.05) is 5.75 Å². The third-order valence-corrected chi connectivity index (χ3v) is 6.81. The Kier molecular flexibility index (Phi) is 5.57. The van der Waals surface area contributed by atoms with Crippen LogP contribution in [0, 0.1) is 0 Å². The van der Waals surface area contributed by atoms with Crippen LogP contribution in [0.3, 0.4) is 0 Å². The van der Waals surface area contributed by atoms with Crippen LogP contribution in [0.25, 0.3) is 10.2 Å². The van der Waals surface area contributed by atoms with Crippen LogP contribution in [0.2, 0.25) is 0 Å². The van der Waals surface area contributed by atoms with E-state index in [0.717, 1.165) is 41.5 Å². The Hall–Kier alpha value is -2.06. The van der Waals surface area contributed by atoms with Gasteiger partial charge in [-0.15, -0.1) is 11.3 Å². The van der Waals surface area contributed by atoms with Gasteiger partial charge in [0, 0.05) is 4.88 Å². The van der Waals surface area contributed by atoms with Gasteiger partial charge in [-0.1, -0.05) is 11.8 Å². The molecule has 0 spiro atoms. The third-order valence-electron chi connectivity index (χ3n) is 4.67. The minimum Gasteiger partial charge on any atom is -0.467 e. The molecule has 0 fully saturated rings. The predicted octanol–water partition coefficient (Wildman–Crippen LogP) is 4.41. The van der Waals surface area contributed by atoms with E-state index in [1.165, 1.54) is 16.6 Å². The number of thiophene rings is 1. The Morgan fingerprint density at radius 2 is 2.14 bits per heavy atom. The largest absolute Gasteiger partial charge is 0.467 e. The lowest BCUT2D eigenvalue weighted by atomic mass is 9.97. The molecule has 0 atom stereocenters. The van der Waals surface area contributed by atoms with Crippen molar-refractivity contribution < 1.29 is 13.9 Å². The standard InChI is InChI=1S/C21H24N2O4S2/c1-21(2,3)27-16(24)12-28-20-22-18-17(14-8-4-5-9-15(14)29-18)19(25)23(20)11-13-7-6-10-26-13/h6-7,10H,4-5,8-9,11-12H2,1-3H3. The summed E-state index contributed by atoms with van der Waals surface area (Å²) in [5.74, 6) is 0.446. The fourth-order valence-electron chi connectivity index (χ4n) is 3.52. The number of nitrogens with zero attached hydrogens (tertiary/aromatic N) is 2. The van der Waals surface area contributed by atoms with Crippen molar-refractivity contribution in [2.24, 2.45) is 0 Å². The molecule has 0 bridgehead atoms. The van der Waals surface area contributed by atoms with Gasteiger partial charge in [0.15, 0.2) is 5.16 Å². The molecule has 0 saturated heterocycles. The normalized spacial score (nSPS) is 14.2. The summed E-state index contributed by atoms with van der Waals surface area (Å²) in [6.07, 6.45) is 5.78. The quantitative estimate of drug-likeness (QED) is 0.338. The average Bonchev–Trinajstić information content (AvgIpc) is 3.28. The van der Waals surface area contributed by atoms with E-state index >= 15 is 0 Å². The molecule has 0 radical (unpaired) electrons. The maximum Gasteiger partial charge on any atom is 0.316 e. The van der Waals surface area contributed by atoms with Crippen LogP contribution < -0.4 is 5.56 Å². The van der Waals surface area contributed by atoms with Crippen LogP contribution in [0.15, 0.2) is 32.8 Å². The van der Waals surface area contributed by atoms with E-state index in [1.807, 2.05) is 26.8 Å². The first-order valence-corrected chi connectivity index (χ1v) is 11.5. The summed E-state index contributed by atoms with van der Waals surface area (Å²) in [6, 6.07) is 3.63. The van der Waals surface area contributed by atoms with Gasteiger partial charge in [-0.05, 0) is 64.2 Å². The lowest BCUT2D eigenvalue weighted by Crippen LogP contribution is -2.26. The first-order chi connectivity index (χ1) is 13.8. The van der Waals surface area contributed by atoms with Gasteiger partial charge in [0.1, 0.15) is 16.2 Å². The molecule has 0 amide bonds. The van der Waals surface area contributed by atoms with Crippen LogP contribution >= 0.6 is 23.1 Å². The van der Waals surface area contributed by atoms with E-state index in [9.17, 15) is 9.59 Å². The zero-order valence-corrected chi connectivity index (χ0v) is 18.5. The van der Waals surface area contributed by atoms with Gasteiger partial charge in [0.25, 0.3) is 5.56 Å². The van der Waals surface area contributed by atoms with E-state index in [4.69, 9.17) is 14.1 Å². The molecule has 154 valence electrons. The maximum absolute atomic E-state index is 13.4. The minimum atomic E-state index is -0.546. The van der Waals surface area contributed by atoms with Gasteiger partial charge in [-0.2, -0.15) is 0 Å². The molecule has 0 unspecified atom stereocenters. The zero-order valence-electron chi connectivity index (χ0n) is 16.8. The second-order valence-corrected chi connectivity index (χ2v) is 10.2. The topological polar surface area (TPSA) is 74.3 Å². The van der Waals surface area contributed by atoms with Gasteiger partial charge in [0.2, 0.25) is 0 Å². The lowest BCUT2D eigenvalue weighted by Gasteiger charge is -2.19. The third kappa shape index (κ3) is 4.43. The number of fused-ring (bicyclic) bond motifs is 3. The van der Waals surface area contributed by atoms with Gasteiger partial charge >= 0.3 is 5.97 Å². The monoisotopic (exact) mass is 432 g/mol. The highest BCUT2D eigenvalue weighted by Crippen LogP contribution is 2.34. The summed E-state index contributed by atoms with van der Waals surface area (Å²) in [5.41, 5.74) is 0.554. The highest BCUT2D eigenvalue weighted by molar-refractivity contribution is 7.99. The predicted molar refractivity (Wildman–Crippen MR) is 115 cm³/mol. The summed E-state index contributed by atoms with van der Waals surface area (Å²) in [7, 11) is 0. The average molecular weight is 433 g/mol. The summed E-state index contributed by atoms with van der Waals surface area (Å²) in [4.78, 5) is 32.5. The van der Waals surface area contributed by atoms with E-state index in [2.05, 4.69) is 0 Å². The lowest BCUT2D eigenvalue weighted by molar-refractivity contribution is -0.151. The number of hydrogen-bond acceptors (Lipinski definition) is 7. The molecule has 0 saturated carbocycles. The number of carbonyl (C=O) groups excluding carboxylic acids is 1. The minimum absolute atomic E-state index is 0.0579. The van der Waals surface area contributed by atoms with Crippen LogP contribution in [-0.4, -0.2) is 26.9 Å². The molecule has 4 rings (SSSR count). The van der Waals surface area contributed by atoms with Crippen LogP contribution in [0.4, 0.5) is 0 Å². The van der Waals surface area contributed by atoms with E-state index in [1.54, 1.807) is 28.2 Å². The van der Waals surface area contributed by atoms with Crippen molar-refractivity contribution in [3.63, 3.8) is 0 Å². The Morgan fingerprint density at radius 3 is 2.86 bits per heavy atom. The van der Waals surface area contributed by atoms with E-state index in [-0.39, 0.29) is 23.8 Å². The smallest absolute Gasteiger partial charge is 0.316 e. The Bertz CT molecular complexity index is 1090. The molecule has 0 aromatic carbocycles. The zero-order chi connectivity index (χ0) is 20.6. The van der Waals surface area contributed by atoms with Crippen molar-refractivity contribution in [3.05, 3.63) is 45.0 Å². The van der Waals surface area contributed by atoms with Crippen molar-refractivity contribution in [2.45, 2.75) is 63.8 Å². The second-order valence-electron chi connectivity index (χ2n) is 8.13. The second kappa shape index (κ2) is 7.99. The molecule has 3 aromatic heterocycles. The summed E-state index contributed by atoms with van der Waals surface area (Å²) < 4.78 is 12.5. The number of esters is 1. The van der Waals surface area contributed by atoms with Crippen LogP contribution in [0.1, 0.15) is 49.8 Å². The molecule has 3 heterocycles. The number of aryl methyl sites for hydroxylation is 2. The SMILES string of the molecule is CC(C)(C)OC(=O)CSc1nc2sc3c(c2c(=O)n1Cc1ccco1)CCCC3. The van der Waals surface area contributed by atoms with Gasteiger partial charge in [-0.3, -0.25) is 14.2 Å². The molecular formula is C21H24N2O4S2. The summed E-state index contributed by atoms with van der Waals surface area (Å²) >= 11 is 2.85. The highest BCUT2D eigenvalue weighted by atomic mass is 32.2. The van der Waals surface area contributed by atoms with Gasteiger partial charge in [0.05, 0.1) is 23.9 Å². The molecule has 1 aliphatic carbocycles. The van der Waals surface area contributed by atoms with Crippen molar-refractivity contribution >= 4 is 39.3 Å². The molecule has 3 aromatic rings. The Balaban J connectivity index is 1.73. The molecular weight excluding hydrogens is 408 g/mol. The highest BCUT2D eigenvalue weighted by Gasteiger charge is 2.24. The fourth-order valence-corrected chi connectivity index (χ4v) is 5.60. The molecule has 1 aliphatic rings. The number of hydrogen-bond donors (Lipinski definition) is 0. The van der Waals surface area contributed by atoms with Crippen LogP contribution in [0.5, 0.6) is 0 Å². The van der Waals surface area contributed by atoms with E-state index < -0.39 is 5.60 Å². The Morgan fingerprint density at radius 1 is 1.34 bits per heavy atom. The summed E-state index contributed by atoms with van der Waals surface area (Å²) in [5, 5.41) is 1.25. The van der Waals surface area contributed by atoms with E-state index in [0.29, 0.717) is 10.9 Å². The van der Waals surface area contributed by atoms with Gasteiger partial charge < -0.3 is 9.15 Å². The summed E-state index contributed by atoms with van der Waals surface area (Å²) in [6.45, 7) is 5.80.